The average molecular weight is 295 g/mol. The summed E-state index contributed by atoms with van der Waals surface area (Å²) in [6.07, 6.45) is 3.55. The summed E-state index contributed by atoms with van der Waals surface area (Å²) in [6, 6.07) is 4.69. The van der Waals surface area contributed by atoms with Crippen LogP contribution in [0.4, 0.5) is 5.69 Å². The lowest BCUT2D eigenvalue weighted by Gasteiger charge is -2.04. The molecule has 106 valence electrons. The molecule has 7 heteroatoms. The molecule has 1 N–H and O–H groups in total. The molecule has 20 heavy (non-hydrogen) atoms. The predicted molar refractivity (Wildman–Crippen MR) is 76.8 cm³/mol. The summed E-state index contributed by atoms with van der Waals surface area (Å²) in [7, 11) is 0. The number of hydrogen-bond donors (Lipinski definition) is 1. The Hall–Kier alpha value is -1.92. The zero-order valence-corrected chi connectivity index (χ0v) is 11.8. The summed E-state index contributed by atoms with van der Waals surface area (Å²) < 4.78 is 1.82. The second-order valence-electron chi connectivity index (χ2n) is 4.35. The van der Waals surface area contributed by atoms with Crippen molar-refractivity contribution in [1.82, 2.24) is 14.9 Å². The normalized spacial score (nSPS) is 10.7. The second-order valence-corrected chi connectivity index (χ2v) is 4.78. The van der Waals surface area contributed by atoms with E-state index in [-0.39, 0.29) is 5.69 Å². The molecule has 6 nitrogen and oxygen atoms in total. The first-order valence-corrected chi connectivity index (χ1v) is 6.62. The number of benzene rings is 1. The lowest BCUT2D eigenvalue weighted by molar-refractivity contribution is -0.385. The predicted octanol–water partition coefficient (Wildman–Crippen LogP) is 2.60. The van der Waals surface area contributed by atoms with E-state index < -0.39 is 4.92 Å². The van der Waals surface area contributed by atoms with Crippen molar-refractivity contribution in [3.63, 3.8) is 0 Å². The van der Waals surface area contributed by atoms with Crippen molar-refractivity contribution in [2.24, 2.45) is 0 Å². The van der Waals surface area contributed by atoms with Crippen molar-refractivity contribution < 1.29 is 4.92 Å². The summed E-state index contributed by atoms with van der Waals surface area (Å²) in [5.74, 6) is 0. The quantitative estimate of drug-likeness (QED) is 0.656. The number of rotatable bonds is 6. The molecule has 2 rings (SSSR count). The van der Waals surface area contributed by atoms with E-state index in [2.05, 4.69) is 10.3 Å². The van der Waals surface area contributed by atoms with Crippen LogP contribution in [-0.2, 0) is 13.1 Å². The Kier molecular flexibility index (Phi) is 4.70. The zero-order chi connectivity index (χ0) is 14.5. The highest BCUT2D eigenvalue weighted by atomic mass is 35.5. The van der Waals surface area contributed by atoms with Gasteiger partial charge in [-0.05, 0) is 18.7 Å². The maximum absolute atomic E-state index is 11.0. The summed E-state index contributed by atoms with van der Waals surface area (Å²) in [5, 5.41) is 14.6. The van der Waals surface area contributed by atoms with E-state index in [1.54, 1.807) is 18.5 Å². The van der Waals surface area contributed by atoms with Gasteiger partial charge in [-0.2, -0.15) is 0 Å². The van der Waals surface area contributed by atoms with Gasteiger partial charge in [0.25, 0.3) is 5.69 Å². The Morgan fingerprint density at radius 3 is 3.00 bits per heavy atom. The minimum atomic E-state index is -0.419. The minimum absolute atomic E-state index is 0.0273. The number of nitro benzene ring substituents is 1. The van der Waals surface area contributed by atoms with E-state index >= 15 is 0 Å². The van der Waals surface area contributed by atoms with Crippen LogP contribution in [0.15, 0.2) is 30.7 Å². The first-order valence-electron chi connectivity index (χ1n) is 6.24. The molecule has 0 spiro atoms. The molecule has 0 saturated heterocycles. The summed E-state index contributed by atoms with van der Waals surface area (Å²) in [5.41, 5.74) is 1.54. The fraction of sp³-hybridized carbons (Fsp3) is 0.308. The van der Waals surface area contributed by atoms with Crippen molar-refractivity contribution in [3.8, 4) is 0 Å². The molecule has 0 unspecified atom stereocenters. The fourth-order valence-corrected chi connectivity index (χ4v) is 2.04. The summed E-state index contributed by atoms with van der Waals surface area (Å²) >= 11 is 5.79. The Morgan fingerprint density at radius 2 is 2.30 bits per heavy atom. The van der Waals surface area contributed by atoms with Crippen LogP contribution in [0.2, 0.25) is 5.02 Å². The van der Waals surface area contributed by atoms with Gasteiger partial charge in [0.05, 0.1) is 23.5 Å². The van der Waals surface area contributed by atoms with Gasteiger partial charge in [0.2, 0.25) is 0 Å². The van der Waals surface area contributed by atoms with Gasteiger partial charge in [0.1, 0.15) is 0 Å². The van der Waals surface area contributed by atoms with Crippen molar-refractivity contribution >= 4 is 17.3 Å². The first-order chi connectivity index (χ1) is 9.60. The van der Waals surface area contributed by atoms with Gasteiger partial charge in [-0.25, -0.2) is 4.98 Å². The smallest absolute Gasteiger partial charge is 0.275 e. The maximum Gasteiger partial charge on any atom is 0.275 e. The minimum Gasteiger partial charge on any atom is -0.332 e. The fourth-order valence-electron chi connectivity index (χ4n) is 1.87. The van der Waals surface area contributed by atoms with Crippen LogP contribution in [0.25, 0.3) is 0 Å². The van der Waals surface area contributed by atoms with Crippen molar-refractivity contribution in [1.29, 1.82) is 0 Å². The van der Waals surface area contributed by atoms with Gasteiger partial charge in [-0.1, -0.05) is 18.5 Å². The Labute approximate surface area is 121 Å². The molecule has 1 heterocycles. The lowest BCUT2D eigenvalue weighted by atomic mass is 10.2. The second kappa shape index (κ2) is 6.49. The Morgan fingerprint density at radius 1 is 1.50 bits per heavy atom. The van der Waals surface area contributed by atoms with Crippen molar-refractivity contribution in [3.05, 3.63) is 57.1 Å². The van der Waals surface area contributed by atoms with Gasteiger partial charge >= 0.3 is 0 Å². The molecule has 2 aromatic rings. The zero-order valence-electron chi connectivity index (χ0n) is 11.0. The highest BCUT2D eigenvalue weighted by Crippen LogP contribution is 2.24. The highest BCUT2D eigenvalue weighted by molar-refractivity contribution is 6.30. The third-order valence-corrected chi connectivity index (χ3v) is 3.07. The van der Waals surface area contributed by atoms with E-state index in [0.717, 1.165) is 12.2 Å². The molecular weight excluding hydrogens is 280 g/mol. The summed E-state index contributed by atoms with van der Waals surface area (Å²) in [4.78, 5) is 14.9. The molecule has 1 aromatic heterocycles. The standard InChI is InChI=1S/C13H15ClN4O2/c1-2-15-6-12-8-17(9-16-12)7-10-3-4-11(14)5-13(10)18(19)20/h3-5,8-9,15H,2,6-7H2,1H3. The van der Waals surface area contributed by atoms with E-state index in [1.807, 2.05) is 17.7 Å². The molecule has 0 fully saturated rings. The van der Waals surface area contributed by atoms with Gasteiger partial charge < -0.3 is 9.88 Å². The van der Waals surface area contributed by atoms with E-state index in [0.29, 0.717) is 23.7 Å². The van der Waals surface area contributed by atoms with Gasteiger partial charge in [0, 0.05) is 29.4 Å². The van der Waals surface area contributed by atoms with Crippen molar-refractivity contribution in [2.75, 3.05) is 6.54 Å². The van der Waals surface area contributed by atoms with E-state index in [4.69, 9.17) is 11.6 Å². The largest absolute Gasteiger partial charge is 0.332 e. The summed E-state index contributed by atoms with van der Waals surface area (Å²) in [6.45, 7) is 3.97. The molecule has 0 aliphatic carbocycles. The number of aromatic nitrogens is 2. The van der Waals surface area contributed by atoms with Crippen LogP contribution in [0.5, 0.6) is 0 Å². The number of nitrogens with one attached hydrogen (secondary N) is 1. The molecule has 0 saturated carbocycles. The Balaban J connectivity index is 2.17. The number of nitro groups is 1. The van der Waals surface area contributed by atoms with Crippen LogP contribution in [0, 0.1) is 10.1 Å². The van der Waals surface area contributed by atoms with Crippen molar-refractivity contribution in [2.45, 2.75) is 20.0 Å². The van der Waals surface area contributed by atoms with Crippen LogP contribution in [-0.4, -0.2) is 21.0 Å². The first kappa shape index (κ1) is 14.5. The SMILES string of the molecule is CCNCc1cn(Cc2ccc(Cl)cc2[N+](=O)[O-])cn1. The van der Waals surface area contributed by atoms with E-state index in [1.165, 1.54) is 6.07 Å². The lowest BCUT2D eigenvalue weighted by Crippen LogP contribution is -2.11. The van der Waals surface area contributed by atoms with Gasteiger partial charge in [0.15, 0.2) is 0 Å². The van der Waals surface area contributed by atoms with Gasteiger partial charge in [-0.15, -0.1) is 0 Å². The Bertz CT molecular complexity index is 612. The van der Waals surface area contributed by atoms with E-state index in [9.17, 15) is 10.1 Å². The molecule has 0 atom stereocenters. The van der Waals surface area contributed by atoms with Crippen LogP contribution >= 0.6 is 11.6 Å². The van der Waals surface area contributed by atoms with Gasteiger partial charge in [-0.3, -0.25) is 10.1 Å². The van der Waals surface area contributed by atoms with Crippen LogP contribution in [0.1, 0.15) is 18.2 Å². The third kappa shape index (κ3) is 3.55. The average Bonchev–Trinajstić information content (AvgIpc) is 2.86. The topological polar surface area (TPSA) is 73.0 Å². The maximum atomic E-state index is 11.0. The van der Waals surface area contributed by atoms with Crippen LogP contribution < -0.4 is 5.32 Å². The molecule has 1 aromatic carbocycles. The third-order valence-electron chi connectivity index (χ3n) is 2.84. The molecule has 0 amide bonds. The monoisotopic (exact) mass is 294 g/mol. The number of nitrogens with zero attached hydrogens (tertiary/aromatic N) is 3. The molecule has 0 radical (unpaired) electrons. The van der Waals surface area contributed by atoms with Crippen LogP contribution in [0.3, 0.4) is 0 Å². The highest BCUT2D eigenvalue weighted by Gasteiger charge is 2.14. The number of imidazole rings is 1. The molecule has 0 aliphatic heterocycles. The molecule has 0 bridgehead atoms. The number of halogens is 1. The molecular formula is C13H15ClN4O2. The molecule has 0 aliphatic rings. The number of hydrogen-bond acceptors (Lipinski definition) is 4.